The molecule has 1 aromatic carbocycles. The van der Waals surface area contributed by atoms with Gasteiger partial charge in [0.15, 0.2) is 6.29 Å². The van der Waals surface area contributed by atoms with Crippen LogP contribution in [-0.4, -0.2) is 24.5 Å². The van der Waals surface area contributed by atoms with Gasteiger partial charge in [-0.3, -0.25) is 4.79 Å². The molecule has 2 N–H and O–H groups in total. The molecule has 0 saturated carbocycles. The number of nitrogens with one attached hydrogen (secondary N) is 1. The highest BCUT2D eigenvalue weighted by Gasteiger charge is 1.93. The average molecular weight is 251 g/mol. The summed E-state index contributed by atoms with van der Waals surface area (Å²) in [6.45, 7) is 6.86. The van der Waals surface area contributed by atoms with Crippen LogP contribution in [0.5, 0.6) is 5.75 Å². The van der Waals surface area contributed by atoms with Gasteiger partial charge in [-0.05, 0) is 38.1 Å². The van der Waals surface area contributed by atoms with E-state index in [2.05, 4.69) is 19.2 Å². The Bertz CT molecular complexity index is 307. The van der Waals surface area contributed by atoms with Crippen molar-refractivity contribution >= 4 is 6.29 Å². The van der Waals surface area contributed by atoms with Crippen LogP contribution in [0, 0.1) is 0 Å². The van der Waals surface area contributed by atoms with Gasteiger partial charge in [-0.15, -0.1) is 0 Å². The van der Waals surface area contributed by atoms with Crippen molar-refractivity contribution in [2.24, 2.45) is 0 Å². The van der Waals surface area contributed by atoms with Gasteiger partial charge in [0.1, 0.15) is 5.75 Å². The Morgan fingerprint density at radius 2 is 1.67 bits per heavy atom. The highest BCUT2D eigenvalue weighted by atomic mass is 16.3. The maximum atomic E-state index is 10.1. The van der Waals surface area contributed by atoms with E-state index >= 15 is 0 Å². The summed E-state index contributed by atoms with van der Waals surface area (Å²) in [5, 5.41) is 12.3. The zero-order valence-corrected chi connectivity index (χ0v) is 11.5. The molecule has 0 bridgehead atoms. The molecule has 0 saturated heterocycles. The first-order valence-corrected chi connectivity index (χ1v) is 6.70. The molecule has 0 atom stereocenters. The molecule has 0 aliphatic carbocycles. The van der Waals surface area contributed by atoms with Gasteiger partial charge in [-0.2, -0.15) is 0 Å². The lowest BCUT2D eigenvalue weighted by Crippen LogP contribution is -2.15. The number of hydrogen-bond acceptors (Lipinski definition) is 3. The summed E-state index contributed by atoms with van der Waals surface area (Å²) in [7, 11) is 0. The van der Waals surface area contributed by atoms with Crippen molar-refractivity contribution in [2.75, 3.05) is 13.1 Å². The predicted octanol–water partition coefficient (Wildman–Crippen LogP) is 3.38. The zero-order valence-electron chi connectivity index (χ0n) is 11.5. The molecule has 1 rings (SSSR count). The first-order valence-electron chi connectivity index (χ1n) is 6.70. The molecule has 0 unspecified atom stereocenters. The minimum absolute atomic E-state index is 0.0347. The van der Waals surface area contributed by atoms with Crippen LogP contribution >= 0.6 is 0 Å². The third-order valence-corrected chi connectivity index (χ3v) is 2.48. The number of phenolic OH excluding ortho intramolecular Hbond substituents is 1. The second-order valence-electron chi connectivity index (χ2n) is 4.13. The largest absolute Gasteiger partial charge is 0.507 e. The van der Waals surface area contributed by atoms with E-state index in [1.54, 1.807) is 18.2 Å². The average Bonchev–Trinajstić information content (AvgIpc) is 2.40. The number of unbranched alkanes of at least 4 members (excludes halogenated alkanes) is 2. The third kappa shape index (κ3) is 8.76. The van der Waals surface area contributed by atoms with Crippen molar-refractivity contribution in [3.05, 3.63) is 29.8 Å². The van der Waals surface area contributed by atoms with Crippen molar-refractivity contribution in [1.82, 2.24) is 5.32 Å². The SMILES string of the molecule is CCCCNCCCC.O=Cc1ccccc1O. The molecule has 0 spiro atoms. The summed E-state index contributed by atoms with van der Waals surface area (Å²) in [5.74, 6) is 0.0347. The lowest BCUT2D eigenvalue weighted by Gasteiger charge is -1.99. The topological polar surface area (TPSA) is 49.3 Å². The molecule has 3 nitrogen and oxygen atoms in total. The number of para-hydroxylation sites is 1. The van der Waals surface area contributed by atoms with Gasteiger partial charge in [0.25, 0.3) is 0 Å². The van der Waals surface area contributed by atoms with E-state index in [-0.39, 0.29) is 5.75 Å². The second-order valence-corrected chi connectivity index (χ2v) is 4.13. The van der Waals surface area contributed by atoms with E-state index in [9.17, 15) is 4.79 Å². The van der Waals surface area contributed by atoms with Crippen LogP contribution < -0.4 is 5.32 Å². The van der Waals surface area contributed by atoms with Gasteiger partial charge in [0.05, 0.1) is 5.56 Å². The lowest BCUT2D eigenvalue weighted by molar-refractivity contribution is 0.112. The normalized spacial score (nSPS) is 9.44. The highest BCUT2D eigenvalue weighted by Crippen LogP contribution is 2.11. The standard InChI is InChI=1S/C8H19N.C7H6O2/c1-3-5-7-9-8-6-4-2;8-5-6-3-1-2-4-7(6)9/h9H,3-8H2,1-2H3;1-5,9H. The highest BCUT2D eigenvalue weighted by molar-refractivity contribution is 5.78. The predicted molar refractivity (Wildman–Crippen MR) is 76.2 cm³/mol. The summed E-state index contributed by atoms with van der Waals surface area (Å²) < 4.78 is 0. The van der Waals surface area contributed by atoms with Crippen LogP contribution in [0.15, 0.2) is 24.3 Å². The molecule has 3 heteroatoms. The van der Waals surface area contributed by atoms with Crippen molar-refractivity contribution in [2.45, 2.75) is 39.5 Å². The van der Waals surface area contributed by atoms with Crippen molar-refractivity contribution < 1.29 is 9.90 Å². The van der Waals surface area contributed by atoms with Gasteiger partial charge in [-0.25, -0.2) is 0 Å². The number of benzene rings is 1. The lowest BCUT2D eigenvalue weighted by atomic mass is 10.2. The number of carbonyl (C=O) groups excluding carboxylic acids is 1. The molecule has 0 aromatic heterocycles. The van der Waals surface area contributed by atoms with Gasteiger partial charge in [0, 0.05) is 0 Å². The van der Waals surface area contributed by atoms with E-state index in [0.717, 1.165) is 0 Å². The van der Waals surface area contributed by atoms with E-state index in [1.807, 2.05) is 0 Å². The minimum atomic E-state index is 0.0347. The first-order chi connectivity index (χ1) is 8.76. The summed E-state index contributed by atoms with van der Waals surface area (Å²) >= 11 is 0. The third-order valence-electron chi connectivity index (χ3n) is 2.48. The Morgan fingerprint density at radius 3 is 2.06 bits per heavy atom. The van der Waals surface area contributed by atoms with Gasteiger partial charge in [-0.1, -0.05) is 38.8 Å². The number of hydrogen-bond donors (Lipinski definition) is 2. The number of carbonyl (C=O) groups is 1. The van der Waals surface area contributed by atoms with E-state index in [1.165, 1.54) is 44.8 Å². The molecule has 0 aliphatic heterocycles. The molecule has 0 radical (unpaired) electrons. The van der Waals surface area contributed by atoms with Gasteiger partial charge >= 0.3 is 0 Å². The van der Waals surface area contributed by atoms with Gasteiger partial charge in [0.2, 0.25) is 0 Å². The second kappa shape index (κ2) is 12.1. The molecule has 0 aliphatic rings. The summed E-state index contributed by atoms with van der Waals surface area (Å²) in [4.78, 5) is 10.1. The van der Waals surface area contributed by atoms with Crippen LogP contribution in [0.25, 0.3) is 0 Å². The van der Waals surface area contributed by atoms with Gasteiger partial charge < -0.3 is 10.4 Å². The van der Waals surface area contributed by atoms with Crippen LogP contribution in [0.4, 0.5) is 0 Å². The monoisotopic (exact) mass is 251 g/mol. The molecule has 0 fully saturated rings. The number of aromatic hydroxyl groups is 1. The molecule has 102 valence electrons. The fraction of sp³-hybridized carbons (Fsp3) is 0.533. The maximum absolute atomic E-state index is 10.1. The first kappa shape index (κ1) is 16.6. The van der Waals surface area contributed by atoms with E-state index < -0.39 is 0 Å². The Labute approximate surface area is 110 Å². The molecule has 0 heterocycles. The summed E-state index contributed by atoms with van der Waals surface area (Å²) in [5.41, 5.74) is 0.331. The van der Waals surface area contributed by atoms with Crippen molar-refractivity contribution in [3.63, 3.8) is 0 Å². The van der Waals surface area contributed by atoms with Crippen LogP contribution in [0.2, 0.25) is 0 Å². The maximum Gasteiger partial charge on any atom is 0.153 e. The number of aldehydes is 1. The Morgan fingerprint density at radius 1 is 1.11 bits per heavy atom. The Balaban J connectivity index is 0.000000321. The van der Waals surface area contributed by atoms with E-state index in [0.29, 0.717) is 11.8 Å². The quantitative estimate of drug-likeness (QED) is 0.577. The molecular formula is C15H25NO2. The number of rotatable bonds is 7. The van der Waals surface area contributed by atoms with E-state index in [4.69, 9.17) is 5.11 Å². The fourth-order valence-electron chi connectivity index (χ4n) is 1.32. The Kier molecular flexibility index (Phi) is 11.2. The van der Waals surface area contributed by atoms with Crippen LogP contribution in [-0.2, 0) is 0 Å². The molecule has 18 heavy (non-hydrogen) atoms. The molecular weight excluding hydrogens is 226 g/mol. The fourth-order valence-corrected chi connectivity index (χ4v) is 1.32. The Hall–Kier alpha value is -1.35. The summed E-state index contributed by atoms with van der Waals surface area (Å²) in [6, 6.07) is 6.40. The minimum Gasteiger partial charge on any atom is -0.507 e. The zero-order chi connectivity index (χ0) is 13.6. The molecule has 1 aromatic rings. The number of phenols is 1. The van der Waals surface area contributed by atoms with Crippen molar-refractivity contribution in [1.29, 1.82) is 0 Å². The summed E-state index contributed by atoms with van der Waals surface area (Å²) in [6.07, 6.45) is 5.88. The van der Waals surface area contributed by atoms with Crippen LogP contribution in [0.3, 0.4) is 0 Å². The van der Waals surface area contributed by atoms with Crippen LogP contribution in [0.1, 0.15) is 49.9 Å². The van der Waals surface area contributed by atoms with Crippen molar-refractivity contribution in [3.8, 4) is 5.75 Å². The smallest absolute Gasteiger partial charge is 0.153 e. The molecule has 0 amide bonds.